The zero-order valence-corrected chi connectivity index (χ0v) is 9.52. The molecule has 2 rings (SSSR count). The summed E-state index contributed by atoms with van der Waals surface area (Å²) in [6.07, 6.45) is 3.50. The zero-order chi connectivity index (χ0) is 12.3. The predicted molar refractivity (Wildman–Crippen MR) is 61.7 cm³/mol. The maximum atomic E-state index is 10.6. The lowest BCUT2D eigenvalue weighted by Crippen LogP contribution is -2.26. The lowest BCUT2D eigenvalue weighted by molar-refractivity contribution is 0.0696. The molecule has 0 amide bonds. The van der Waals surface area contributed by atoms with Crippen molar-refractivity contribution in [3.8, 4) is 0 Å². The number of nitrogens with zero attached hydrogens (tertiary/aromatic N) is 1. The van der Waals surface area contributed by atoms with Gasteiger partial charge in [-0.3, -0.25) is 4.98 Å². The van der Waals surface area contributed by atoms with Crippen LogP contribution in [0.3, 0.4) is 0 Å². The van der Waals surface area contributed by atoms with Crippen molar-refractivity contribution in [1.29, 1.82) is 0 Å². The molecule has 1 aromatic heterocycles. The Bertz CT molecular complexity index is 399. The summed E-state index contributed by atoms with van der Waals surface area (Å²) >= 11 is 0. The minimum atomic E-state index is -0.964. The number of aliphatic hydroxyl groups is 1. The number of aromatic carboxylic acids is 1. The molecule has 5 nitrogen and oxygen atoms in total. The van der Waals surface area contributed by atoms with E-state index in [-0.39, 0.29) is 17.6 Å². The summed E-state index contributed by atoms with van der Waals surface area (Å²) in [4.78, 5) is 14.7. The average molecular weight is 236 g/mol. The molecule has 0 spiro atoms. The summed E-state index contributed by atoms with van der Waals surface area (Å²) in [6.45, 7) is 1.61. The van der Waals surface area contributed by atoms with Crippen LogP contribution in [0.15, 0.2) is 18.3 Å². The molecule has 1 fully saturated rings. The molecular formula is C12H16N2O3. The number of hydrogen-bond acceptors (Lipinski definition) is 4. The number of pyridine rings is 1. The van der Waals surface area contributed by atoms with Crippen LogP contribution in [-0.2, 0) is 6.54 Å². The van der Waals surface area contributed by atoms with E-state index >= 15 is 0 Å². The first-order valence-electron chi connectivity index (χ1n) is 5.65. The zero-order valence-electron chi connectivity index (χ0n) is 9.52. The van der Waals surface area contributed by atoms with E-state index < -0.39 is 5.97 Å². The quantitative estimate of drug-likeness (QED) is 0.675. The molecular weight excluding hydrogens is 220 g/mol. The van der Waals surface area contributed by atoms with Gasteiger partial charge in [-0.25, -0.2) is 4.79 Å². The molecule has 3 N–H and O–H groups in total. The monoisotopic (exact) mass is 236 g/mol. The van der Waals surface area contributed by atoms with Crippen molar-refractivity contribution in [2.24, 2.45) is 5.41 Å². The molecule has 92 valence electrons. The lowest BCUT2D eigenvalue weighted by Gasteiger charge is -2.12. The summed E-state index contributed by atoms with van der Waals surface area (Å²) in [6, 6.07) is 3.25. The molecule has 1 aliphatic rings. The Labute approximate surface area is 99.5 Å². The smallest absolute Gasteiger partial charge is 0.337 e. The van der Waals surface area contributed by atoms with Crippen LogP contribution in [0.25, 0.3) is 0 Å². The van der Waals surface area contributed by atoms with E-state index in [2.05, 4.69) is 10.3 Å². The Balaban J connectivity index is 1.81. The second kappa shape index (κ2) is 4.81. The third-order valence-corrected chi connectivity index (χ3v) is 3.17. The van der Waals surface area contributed by atoms with Crippen molar-refractivity contribution >= 4 is 5.97 Å². The number of rotatable bonds is 6. The molecule has 0 saturated heterocycles. The van der Waals surface area contributed by atoms with Crippen LogP contribution in [0.2, 0.25) is 0 Å². The predicted octanol–water partition coefficient (Wildman–Crippen LogP) is 0.642. The molecule has 0 atom stereocenters. The van der Waals surface area contributed by atoms with Gasteiger partial charge in [0.1, 0.15) is 0 Å². The molecule has 1 saturated carbocycles. The van der Waals surface area contributed by atoms with E-state index in [1.165, 1.54) is 6.20 Å². The van der Waals surface area contributed by atoms with Gasteiger partial charge in [-0.1, -0.05) is 0 Å². The Hall–Kier alpha value is -1.46. The van der Waals surface area contributed by atoms with Crippen LogP contribution >= 0.6 is 0 Å². The SMILES string of the molecule is O=C(O)c1ccc(CNCC2(CO)CC2)nc1. The fourth-order valence-corrected chi connectivity index (χ4v) is 1.68. The fourth-order valence-electron chi connectivity index (χ4n) is 1.68. The molecule has 0 aliphatic heterocycles. The van der Waals surface area contributed by atoms with Gasteiger partial charge in [0.2, 0.25) is 0 Å². The molecule has 17 heavy (non-hydrogen) atoms. The van der Waals surface area contributed by atoms with Gasteiger partial charge in [0, 0.05) is 31.3 Å². The topological polar surface area (TPSA) is 82.5 Å². The highest BCUT2D eigenvalue weighted by Crippen LogP contribution is 2.44. The summed E-state index contributed by atoms with van der Waals surface area (Å²) in [5.74, 6) is -0.964. The molecule has 0 radical (unpaired) electrons. The van der Waals surface area contributed by atoms with Crippen molar-refractivity contribution in [3.63, 3.8) is 0 Å². The van der Waals surface area contributed by atoms with Crippen molar-refractivity contribution < 1.29 is 15.0 Å². The van der Waals surface area contributed by atoms with Gasteiger partial charge in [0.25, 0.3) is 0 Å². The molecule has 0 aromatic carbocycles. The maximum Gasteiger partial charge on any atom is 0.337 e. The van der Waals surface area contributed by atoms with Crippen LogP contribution in [0.5, 0.6) is 0 Å². The van der Waals surface area contributed by atoms with Gasteiger partial charge in [-0.15, -0.1) is 0 Å². The van der Waals surface area contributed by atoms with Gasteiger partial charge >= 0.3 is 5.97 Å². The first-order valence-corrected chi connectivity index (χ1v) is 5.65. The highest BCUT2D eigenvalue weighted by atomic mass is 16.4. The molecule has 1 aromatic rings. The normalized spacial score (nSPS) is 16.8. The first kappa shape index (κ1) is 12.0. The van der Waals surface area contributed by atoms with Gasteiger partial charge in [-0.2, -0.15) is 0 Å². The second-order valence-corrected chi connectivity index (χ2v) is 4.61. The van der Waals surface area contributed by atoms with E-state index in [0.717, 1.165) is 25.1 Å². The van der Waals surface area contributed by atoms with E-state index in [9.17, 15) is 4.79 Å². The maximum absolute atomic E-state index is 10.6. The van der Waals surface area contributed by atoms with Gasteiger partial charge in [-0.05, 0) is 25.0 Å². The molecule has 1 aliphatic carbocycles. The van der Waals surface area contributed by atoms with E-state index in [1.807, 2.05) is 0 Å². The number of carbonyl (C=O) groups is 1. The van der Waals surface area contributed by atoms with E-state index in [0.29, 0.717) is 6.54 Å². The molecule has 0 unspecified atom stereocenters. The van der Waals surface area contributed by atoms with Gasteiger partial charge < -0.3 is 15.5 Å². The number of carboxylic acid groups (broad SMARTS) is 1. The molecule has 5 heteroatoms. The minimum absolute atomic E-state index is 0.0843. The highest BCUT2D eigenvalue weighted by molar-refractivity contribution is 5.87. The fraction of sp³-hybridized carbons (Fsp3) is 0.500. The molecule has 1 heterocycles. The molecule has 0 bridgehead atoms. The van der Waals surface area contributed by atoms with Gasteiger partial charge in [0.15, 0.2) is 0 Å². The standard InChI is InChI=1S/C12H16N2O3/c15-8-12(3-4-12)7-13-6-10-2-1-9(5-14-10)11(16)17/h1-2,5,13,15H,3-4,6-8H2,(H,16,17). The van der Waals surface area contributed by atoms with Crippen LogP contribution < -0.4 is 5.32 Å². The van der Waals surface area contributed by atoms with E-state index in [1.54, 1.807) is 12.1 Å². The lowest BCUT2D eigenvalue weighted by atomic mass is 10.1. The van der Waals surface area contributed by atoms with Crippen LogP contribution in [-0.4, -0.2) is 34.3 Å². The van der Waals surface area contributed by atoms with Crippen LogP contribution in [0.1, 0.15) is 28.9 Å². The van der Waals surface area contributed by atoms with Crippen LogP contribution in [0, 0.1) is 5.41 Å². The Morgan fingerprint density at radius 3 is 2.71 bits per heavy atom. The van der Waals surface area contributed by atoms with E-state index in [4.69, 9.17) is 10.2 Å². The largest absolute Gasteiger partial charge is 0.478 e. The number of aromatic nitrogens is 1. The average Bonchev–Trinajstić information content (AvgIpc) is 3.10. The van der Waals surface area contributed by atoms with Crippen molar-refractivity contribution in [1.82, 2.24) is 10.3 Å². The van der Waals surface area contributed by atoms with Gasteiger partial charge in [0.05, 0.1) is 11.3 Å². The third-order valence-electron chi connectivity index (χ3n) is 3.17. The summed E-state index contributed by atoms with van der Waals surface area (Å²) in [7, 11) is 0. The van der Waals surface area contributed by atoms with Crippen molar-refractivity contribution in [2.45, 2.75) is 19.4 Å². The summed E-state index contributed by atoms with van der Waals surface area (Å²) in [5.41, 5.74) is 1.09. The highest BCUT2D eigenvalue weighted by Gasteiger charge is 2.41. The number of hydrogen-bond donors (Lipinski definition) is 3. The summed E-state index contributed by atoms with van der Waals surface area (Å²) in [5, 5.41) is 21.1. The minimum Gasteiger partial charge on any atom is -0.478 e. The summed E-state index contributed by atoms with van der Waals surface area (Å²) < 4.78 is 0. The number of nitrogens with one attached hydrogen (secondary N) is 1. The van der Waals surface area contributed by atoms with Crippen LogP contribution in [0.4, 0.5) is 0 Å². The Kier molecular flexibility index (Phi) is 3.40. The second-order valence-electron chi connectivity index (χ2n) is 4.61. The number of aliphatic hydroxyl groups excluding tert-OH is 1. The first-order chi connectivity index (χ1) is 8.15. The Morgan fingerprint density at radius 1 is 1.47 bits per heavy atom. The Morgan fingerprint density at radius 2 is 2.24 bits per heavy atom. The van der Waals surface area contributed by atoms with Crippen molar-refractivity contribution in [2.75, 3.05) is 13.2 Å². The number of carboxylic acids is 1. The third kappa shape index (κ3) is 3.01. The van der Waals surface area contributed by atoms with Crippen molar-refractivity contribution in [3.05, 3.63) is 29.6 Å².